The van der Waals surface area contributed by atoms with Crippen LogP contribution in [0, 0.1) is 5.82 Å². The second-order valence-electron chi connectivity index (χ2n) is 5.01. The third kappa shape index (κ3) is 4.06. The van der Waals surface area contributed by atoms with Crippen LogP contribution in [0.3, 0.4) is 0 Å². The number of alkyl halides is 2. The first-order valence-electron chi connectivity index (χ1n) is 7.20. The number of halogens is 3. The summed E-state index contributed by atoms with van der Waals surface area (Å²) in [5, 5.41) is 12.1. The highest BCUT2D eigenvalue weighted by atomic mass is 19.3. The monoisotopic (exact) mass is 350 g/mol. The van der Waals surface area contributed by atoms with Gasteiger partial charge in [-0.1, -0.05) is 6.07 Å². The fourth-order valence-corrected chi connectivity index (χ4v) is 2.19. The lowest BCUT2D eigenvalue weighted by Crippen LogP contribution is -2.06. The Morgan fingerprint density at radius 2 is 1.84 bits per heavy atom. The zero-order valence-electron chi connectivity index (χ0n) is 13.1. The van der Waals surface area contributed by atoms with Gasteiger partial charge in [-0.15, -0.1) is 10.2 Å². The maximum Gasteiger partial charge on any atom is 0.387 e. The van der Waals surface area contributed by atoms with E-state index in [1.165, 1.54) is 30.1 Å². The maximum atomic E-state index is 12.9. The highest BCUT2D eigenvalue weighted by Crippen LogP contribution is 2.29. The number of methoxy groups -OCH3 is 1. The standard InChI is InChI=1S/C16H13F3N4O2/c1-24-14-8-10(2-7-13(14)25-16(18)19)9-23-21-15(20-22-23)11-3-5-12(17)6-4-11/h2-8,16H,9H2,1H3. The van der Waals surface area contributed by atoms with Crippen molar-refractivity contribution in [3.8, 4) is 22.9 Å². The second kappa shape index (κ2) is 7.20. The molecule has 0 aliphatic carbocycles. The van der Waals surface area contributed by atoms with Gasteiger partial charge in [-0.25, -0.2) is 4.39 Å². The quantitative estimate of drug-likeness (QED) is 0.683. The van der Waals surface area contributed by atoms with Crippen LogP contribution >= 0.6 is 0 Å². The Hall–Kier alpha value is -3.10. The SMILES string of the molecule is COc1cc(Cn2nnc(-c3ccc(F)cc3)n2)ccc1OC(F)F. The largest absolute Gasteiger partial charge is 0.493 e. The fraction of sp³-hybridized carbons (Fsp3) is 0.188. The van der Waals surface area contributed by atoms with Crippen LogP contribution < -0.4 is 9.47 Å². The molecule has 0 spiro atoms. The smallest absolute Gasteiger partial charge is 0.387 e. The van der Waals surface area contributed by atoms with E-state index in [4.69, 9.17) is 4.74 Å². The number of tetrazole rings is 1. The molecule has 9 heteroatoms. The van der Waals surface area contributed by atoms with Crippen molar-refractivity contribution >= 4 is 0 Å². The van der Waals surface area contributed by atoms with Gasteiger partial charge >= 0.3 is 6.61 Å². The Balaban J connectivity index is 1.77. The molecule has 3 aromatic rings. The van der Waals surface area contributed by atoms with Crippen molar-refractivity contribution in [2.75, 3.05) is 7.11 Å². The van der Waals surface area contributed by atoms with Crippen LogP contribution in [0.1, 0.15) is 5.56 Å². The Morgan fingerprint density at radius 3 is 2.52 bits per heavy atom. The van der Waals surface area contributed by atoms with E-state index in [9.17, 15) is 13.2 Å². The van der Waals surface area contributed by atoms with E-state index in [0.717, 1.165) is 0 Å². The van der Waals surface area contributed by atoms with Gasteiger partial charge in [0.25, 0.3) is 0 Å². The van der Waals surface area contributed by atoms with E-state index in [0.29, 0.717) is 17.0 Å². The average Bonchev–Trinajstić information content (AvgIpc) is 3.05. The summed E-state index contributed by atoms with van der Waals surface area (Å²) in [5.41, 5.74) is 1.34. The summed E-state index contributed by atoms with van der Waals surface area (Å²) >= 11 is 0. The minimum Gasteiger partial charge on any atom is -0.493 e. The van der Waals surface area contributed by atoms with Crippen LogP contribution in [0.15, 0.2) is 42.5 Å². The first-order chi connectivity index (χ1) is 12.0. The summed E-state index contributed by atoms with van der Waals surface area (Å²) in [6.45, 7) is -2.69. The fourth-order valence-electron chi connectivity index (χ4n) is 2.19. The molecule has 130 valence electrons. The van der Waals surface area contributed by atoms with Gasteiger partial charge in [0, 0.05) is 5.56 Å². The molecular weight excluding hydrogens is 337 g/mol. The Kier molecular flexibility index (Phi) is 4.82. The highest BCUT2D eigenvalue weighted by molar-refractivity contribution is 5.53. The van der Waals surface area contributed by atoms with Crippen molar-refractivity contribution in [2.45, 2.75) is 13.2 Å². The van der Waals surface area contributed by atoms with Gasteiger partial charge in [0.15, 0.2) is 11.5 Å². The molecule has 1 aromatic heterocycles. The molecule has 0 saturated heterocycles. The number of rotatable bonds is 6. The van der Waals surface area contributed by atoms with E-state index in [1.54, 1.807) is 24.3 Å². The van der Waals surface area contributed by atoms with Gasteiger partial charge < -0.3 is 9.47 Å². The van der Waals surface area contributed by atoms with E-state index in [2.05, 4.69) is 20.1 Å². The maximum absolute atomic E-state index is 12.9. The van der Waals surface area contributed by atoms with Gasteiger partial charge in [0.1, 0.15) is 5.82 Å². The molecule has 25 heavy (non-hydrogen) atoms. The Morgan fingerprint density at radius 1 is 1.08 bits per heavy atom. The predicted molar refractivity (Wildman–Crippen MR) is 81.9 cm³/mol. The summed E-state index contributed by atoms with van der Waals surface area (Å²) in [5.74, 6) is 0.121. The summed E-state index contributed by atoms with van der Waals surface area (Å²) in [6.07, 6.45) is 0. The van der Waals surface area contributed by atoms with Crippen molar-refractivity contribution in [1.82, 2.24) is 20.2 Å². The van der Waals surface area contributed by atoms with Gasteiger partial charge in [-0.3, -0.25) is 0 Å². The zero-order valence-corrected chi connectivity index (χ0v) is 13.1. The van der Waals surface area contributed by atoms with Crippen LogP contribution in [0.25, 0.3) is 11.4 Å². The first kappa shape index (κ1) is 16.7. The zero-order chi connectivity index (χ0) is 17.8. The first-order valence-corrected chi connectivity index (χ1v) is 7.20. The third-order valence-electron chi connectivity index (χ3n) is 3.32. The normalized spacial score (nSPS) is 10.9. The van der Waals surface area contributed by atoms with Crippen LogP contribution in [0.4, 0.5) is 13.2 Å². The summed E-state index contributed by atoms with van der Waals surface area (Å²) < 4.78 is 47.1. The van der Waals surface area contributed by atoms with E-state index in [-0.39, 0.29) is 23.9 Å². The van der Waals surface area contributed by atoms with E-state index >= 15 is 0 Å². The molecule has 0 N–H and O–H groups in total. The molecule has 0 radical (unpaired) electrons. The molecule has 3 rings (SSSR count). The van der Waals surface area contributed by atoms with Gasteiger partial charge in [-0.2, -0.15) is 13.6 Å². The third-order valence-corrected chi connectivity index (χ3v) is 3.32. The van der Waals surface area contributed by atoms with E-state index < -0.39 is 6.61 Å². The molecule has 0 saturated carbocycles. The minimum atomic E-state index is -2.94. The molecule has 6 nitrogen and oxygen atoms in total. The number of aromatic nitrogens is 4. The molecule has 0 bridgehead atoms. The Labute approximate surface area is 140 Å². The van der Waals surface area contributed by atoms with Crippen LogP contribution in [0.2, 0.25) is 0 Å². The minimum absolute atomic E-state index is 0.0557. The molecule has 0 atom stereocenters. The van der Waals surface area contributed by atoms with Crippen molar-refractivity contribution < 1.29 is 22.6 Å². The van der Waals surface area contributed by atoms with Crippen LogP contribution in [-0.2, 0) is 6.54 Å². The lowest BCUT2D eigenvalue weighted by Gasteiger charge is -2.11. The molecule has 0 fully saturated rings. The number of hydrogen-bond acceptors (Lipinski definition) is 5. The predicted octanol–water partition coefficient (Wildman–Crippen LogP) is 3.14. The molecular formula is C16H13F3N4O2. The second-order valence-corrected chi connectivity index (χ2v) is 5.01. The van der Waals surface area contributed by atoms with E-state index in [1.807, 2.05) is 0 Å². The van der Waals surface area contributed by atoms with Crippen molar-refractivity contribution in [3.63, 3.8) is 0 Å². The number of ether oxygens (including phenoxy) is 2. The highest BCUT2D eigenvalue weighted by Gasteiger charge is 2.12. The van der Waals surface area contributed by atoms with Gasteiger partial charge in [0.05, 0.1) is 13.7 Å². The van der Waals surface area contributed by atoms with Crippen molar-refractivity contribution in [3.05, 3.63) is 53.8 Å². The molecule has 0 amide bonds. The Bertz CT molecular complexity index is 853. The van der Waals surface area contributed by atoms with Crippen LogP contribution in [-0.4, -0.2) is 33.9 Å². The van der Waals surface area contributed by atoms with Crippen molar-refractivity contribution in [1.29, 1.82) is 0 Å². The number of hydrogen-bond donors (Lipinski definition) is 0. The molecule has 1 heterocycles. The molecule has 0 aliphatic heterocycles. The average molecular weight is 350 g/mol. The lowest BCUT2D eigenvalue weighted by atomic mass is 10.2. The van der Waals surface area contributed by atoms with Crippen molar-refractivity contribution in [2.24, 2.45) is 0 Å². The number of nitrogens with zero attached hydrogens (tertiary/aromatic N) is 4. The topological polar surface area (TPSA) is 62.1 Å². The number of benzene rings is 2. The molecule has 0 unspecified atom stereocenters. The van der Waals surface area contributed by atoms with Gasteiger partial charge in [0.2, 0.25) is 5.82 Å². The molecule has 0 aliphatic rings. The van der Waals surface area contributed by atoms with Crippen LogP contribution in [0.5, 0.6) is 11.5 Å². The summed E-state index contributed by atoms with van der Waals surface area (Å²) in [6, 6.07) is 10.3. The summed E-state index contributed by atoms with van der Waals surface area (Å²) in [7, 11) is 1.36. The summed E-state index contributed by atoms with van der Waals surface area (Å²) in [4.78, 5) is 1.33. The molecule has 2 aromatic carbocycles. The van der Waals surface area contributed by atoms with Gasteiger partial charge in [-0.05, 0) is 47.2 Å². The lowest BCUT2D eigenvalue weighted by molar-refractivity contribution is -0.0512.